The molecule has 2 atom stereocenters. The quantitative estimate of drug-likeness (QED) is 0.910. The normalized spacial score (nSPS) is 26.5. The van der Waals surface area contributed by atoms with Crippen molar-refractivity contribution in [2.75, 3.05) is 26.1 Å². The molecular formula is C19H23NO3. The topological polar surface area (TPSA) is 52.9 Å². The largest absolute Gasteiger partial charge is 0.497 e. The summed E-state index contributed by atoms with van der Waals surface area (Å²) in [6.45, 7) is 0. The Balaban J connectivity index is 1.77. The van der Waals surface area contributed by atoms with E-state index in [0.29, 0.717) is 0 Å². The highest BCUT2D eigenvalue weighted by molar-refractivity contribution is 5.48. The number of aliphatic hydroxyl groups is 2. The smallest absolute Gasteiger partial charge is 0.118 e. The highest BCUT2D eigenvalue weighted by atomic mass is 16.5. The Labute approximate surface area is 136 Å². The van der Waals surface area contributed by atoms with Crippen LogP contribution in [-0.2, 0) is 0 Å². The van der Waals surface area contributed by atoms with Crippen molar-refractivity contribution in [2.45, 2.75) is 24.0 Å². The van der Waals surface area contributed by atoms with E-state index in [1.54, 1.807) is 7.11 Å². The molecule has 2 unspecified atom stereocenters. The molecule has 1 saturated carbocycles. The van der Waals surface area contributed by atoms with Crippen molar-refractivity contribution in [1.82, 2.24) is 0 Å². The summed E-state index contributed by atoms with van der Waals surface area (Å²) in [5.41, 5.74) is 3.01. The van der Waals surface area contributed by atoms with Gasteiger partial charge in [-0.15, -0.1) is 0 Å². The maximum Gasteiger partial charge on any atom is 0.118 e. The van der Waals surface area contributed by atoms with Crippen LogP contribution in [0.2, 0.25) is 0 Å². The van der Waals surface area contributed by atoms with E-state index in [0.717, 1.165) is 22.6 Å². The van der Waals surface area contributed by atoms with E-state index in [2.05, 4.69) is 0 Å². The van der Waals surface area contributed by atoms with E-state index in [-0.39, 0.29) is 11.8 Å². The Morgan fingerprint density at radius 1 is 0.783 bits per heavy atom. The van der Waals surface area contributed by atoms with E-state index in [4.69, 9.17) is 4.74 Å². The third kappa shape index (κ3) is 2.80. The van der Waals surface area contributed by atoms with E-state index < -0.39 is 12.2 Å². The second-order valence-corrected chi connectivity index (χ2v) is 6.29. The van der Waals surface area contributed by atoms with Crippen LogP contribution >= 0.6 is 0 Å². The molecule has 0 bridgehead atoms. The molecule has 1 aliphatic rings. The molecule has 1 aliphatic carbocycles. The highest BCUT2D eigenvalue weighted by Gasteiger charge is 2.50. The Morgan fingerprint density at radius 3 is 1.61 bits per heavy atom. The van der Waals surface area contributed by atoms with Gasteiger partial charge in [0.05, 0.1) is 19.3 Å². The number of nitrogens with zero attached hydrogens (tertiary/aromatic N) is 1. The highest BCUT2D eigenvalue weighted by Crippen LogP contribution is 2.48. The minimum atomic E-state index is -0.580. The second-order valence-electron chi connectivity index (χ2n) is 6.29. The molecule has 4 heteroatoms. The zero-order valence-corrected chi connectivity index (χ0v) is 13.7. The molecule has 0 spiro atoms. The van der Waals surface area contributed by atoms with Crippen molar-refractivity contribution < 1.29 is 14.9 Å². The zero-order valence-electron chi connectivity index (χ0n) is 13.7. The van der Waals surface area contributed by atoms with E-state index in [1.165, 1.54) is 0 Å². The first-order valence-electron chi connectivity index (χ1n) is 7.80. The Kier molecular flexibility index (Phi) is 4.28. The molecule has 2 aromatic rings. The van der Waals surface area contributed by atoms with E-state index in [1.807, 2.05) is 67.5 Å². The molecule has 0 amide bonds. The van der Waals surface area contributed by atoms with Gasteiger partial charge < -0.3 is 19.8 Å². The van der Waals surface area contributed by atoms with Crippen molar-refractivity contribution in [3.8, 4) is 5.75 Å². The average Bonchev–Trinajstić information content (AvgIpc) is 2.56. The summed E-state index contributed by atoms with van der Waals surface area (Å²) in [4.78, 5) is 2.03. The van der Waals surface area contributed by atoms with Crippen molar-refractivity contribution in [3.05, 3.63) is 59.7 Å². The lowest BCUT2D eigenvalue weighted by Gasteiger charge is -2.47. The molecule has 2 aromatic carbocycles. The molecule has 0 aliphatic heterocycles. The maximum absolute atomic E-state index is 10.5. The summed E-state index contributed by atoms with van der Waals surface area (Å²) in [6.07, 6.45) is -1.16. The van der Waals surface area contributed by atoms with Gasteiger partial charge in [0, 0.05) is 31.6 Å². The molecule has 122 valence electrons. The molecule has 0 radical (unpaired) electrons. The van der Waals surface area contributed by atoms with E-state index in [9.17, 15) is 10.2 Å². The number of rotatable bonds is 4. The predicted octanol–water partition coefficient (Wildman–Crippen LogP) is 2.36. The zero-order chi connectivity index (χ0) is 16.6. The number of ether oxygens (including phenoxy) is 1. The fourth-order valence-electron chi connectivity index (χ4n) is 3.31. The molecule has 23 heavy (non-hydrogen) atoms. The van der Waals surface area contributed by atoms with Gasteiger partial charge in [0.15, 0.2) is 0 Å². The molecule has 0 aromatic heterocycles. The van der Waals surface area contributed by atoms with Gasteiger partial charge in [0.2, 0.25) is 0 Å². The summed E-state index contributed by atoms with van der Waals surface area (Å²) in [7, 11) is 5.60. The number of methoxy groups -OCH3 is 1. The SMILES string of the molecule is COc1ccc(C2C(O)C(c3ccc(N(C)C)cc3)C2O)cc1. The monoisotopic (exact) mass is 313 g/mol. The number of benzene rings is 2. The fourth-order valence-corrected chi connectivity index (χ4v) is 3.31. The Hall–Kier alpha value is -2.04. The first kappa shape index (κ1) is 15.8. The van der Waals surface area contributed by atoms with Crippen LogP contribution in [-0.4, -0.2) is 43.6 Å². The van der Waals surface area contributed by atoms with Gasteiger partial charge in [0.1, 0.15) is 5.75 Å². The number of hydrogen-bond donors (Lipinski definition) is 2. The first-order valence-corrected chi connectivity index (χ1v) is 7.80. The summed E-state index contributed by atoms with van der Waals surface area (Å²) < 4.78 is 5.15. The van der Waals surface area contributed by atoms with Crippen LogP contribution in [0, 0.1) is 0 Å². The predicted molar refractivity (Wildman–Crippen MR) is 91.3 cm³/mol. The lowest BCUT2D eigenvalue weighted by molar-refractivity contribution is -0.0785. The second kappa shape index (κ2) is 6.22. The third-order valence-corrected chi connectivity index (χ3v) is 4.77. The lowest BCUT2D eigenvalue weighted by Crippen LogP contribution is -2.51. The van der Waals surface area contributed by atoms with Gasteiger partial charge >= 0.3 is 0 Å². The number of aliphatic hydroxyl groups excluding tert-OH is 2. The van der Waals surface area contributed by atoms with Crippen LogP contribution in [0.1, 0.15) is 23.0 Å². The fraction of sp³-hybridized carbons (Fsp3) is 0.368. The van der Waals surface area contributed by atoms with Crippen LogP contribution in [0.15, 0.2) is 48.5 Å². The summed E-state index contributed by atoms with van der Waals surface area (Å²) in [5.74, 6) is 0.283. The molecule has 0 heterocycles. The van der Waals surface area contributed by atoms with Crippen LogP contribution < -0.4 is 9.64 Å². The summed E-state index contributed by atoms with van der Waals surface area (Å²) in [5, 5.41) is 21.1. The van der Waals surface area contributed by atoms with Crippen LogP contribution in [0.3, 0.4) is 0 Å². The molecule has 0 saturated heterocycles. The first-order chi connectivity index (χ1) is 11.0. The van der Waals surface area contributed by atoms with Crippen LogP contribution in [0.25, 0.3) is 0 Å². The molecule has 4 nitrogen and oxygen atoms in total. The van der Waals surface area contributed by atoms with Crippen LogP contribution in [0.5, 0.6) is 5.75 Å². The summed E-state index contributed by atoms with van der Waals surface area (Å²) in [6, 6.07) is 15.5. The van der Waals surface area contributed by atoms with Crippen molar-refractivity contribution in [2.24, 2.45) is 0 Å². The molecular weight excluding hydrogens is 290 g/mol. The van der Waals surface area contributed by atoms with Gasteiger partial charge in [-0.05, 0) is 35.4 Å². The van der Waals surface area contributed by atoms with Gasteiger partial charge in [-0.25, -0.2) is 0 Å². The Bertz CT molecular complexity index is 641. The van der Waals surface area contributed by atoms with Crippen molar-refractivity contribution in [3.63, 3.8) is 0 Å². The molecule has 1 fully saturated rings. The van der Waals surface area contributed by atoms with Crippen LogP contribution in [0.4, 0.5) is 5.69 Å². The number of hydrogen-bond acceptors (Lipinski definition) is 4. The molecule has 3 rings (SSSR count). The van der Waals surface area contributed by atoms with E-state index >= 15 is 0 Å². The van der Waals surface area contributed by atoms with Gasteiger partial charge in [0.25, 0.3) is 0 Å². The van der Waals surface area contributed by atoms with Crippen molar-refractivity contribution in [1.29, 1.82) is 0 Å². The third-order valence-electron chi connectivity index (χ3n) is 4.77. The van der Waals surface area contributed by atoms with Gasteiger partial charge in [-0.2, -0.15) is 0 Å². The standard InChI is InChI=1S/C19H23NO3/c1-20(2)14-8-4-12(5-9-14)16-18(21)17(19(16)22)13-6-10-15(23-3)11-7-13/h4-11,16-19,21-22H,1-3H3. The maximum atomic E-state index is 10.5. The minimum absolute atomic E-state index is 0.238. The summed E-state index contributed by atoms with van der Waals surface area (Å²) >= 11 is 0. The lowest BCUT2D eigenvalue weighted by atomic mass is 9.63. The minimum Gasteiger partial charge on any atom is -0.497 e. The van der Waals surface area contributed by atoms with Crippen molar-refractivity contribution >= 4 is 5.69 Å². The number of anilines is 1. The Morgan fingerprint density at radius 2 is 1.22 bits per heavy atom. The van der Waals surface area contributed by atoms with Gasteiger partial charge in [-0.3, -0.25) is 0 Å². The molecule has 2 N–H and O–H groups in total. The van der Waals surface area contributed by atoms with Gasteiger partial charge in [-0.1, -0.05) is 24.3 Å². The average molecular weight is 313 g/mol.